The Hall–Kier alpha value is -3.23. The first-order valence-corrected chi connectivity index (χ1v) is 11.1. The highest BCUT2D eigenvalue weighted by Gasteiger charge is 2.43. The minimum absolute atomic E-state index is 0.0274. The van der Waals surface area contributed by atoms with Gasteiger partial charge in [-0.05, 0) is 24.6 Å². The standard InChI is InChI=1S/C25H25FN2O5/c1-31-16-7-8-18-20(15-16)33-24-21(23(18)29)22(17-5-2-3-6-19(17)26)28(25(24)30)10-4-9-27-11-13-32-14-12-27/h2-3,5-8,15,22H,4,9-14H2,1H3/t22-/m1/s1. The average molecular weight is 452 g/mol. The van der Waals surface area contributed by atoms with Gasteiger partial charge in [-0.1, -0.05) is 18.2 Å². The number of methoxy groups -OCH3 is 1. The molecular weight excluding hydrogens is 427 g/mol. The number of hydrogen-bond donors (Lipinski definition) is 0. The summed E-state index contributed by atoms with van der Waals surface area (Å²) in [5, 5.41) is 0.332. The molecule has 0 spiro atoms. The zero-order chi connectivity index (χ0) is 22.9. The van der Waals surface area contributed by atoms with Crippen LogP contribution in [0.25, 0.3) is 11.0 Å². The van der Waals surface area contributed by atoms with Crippen molar-refractivity contribution in [3.63, 3.8) is 0 Å². The van der Waals surface area contributed by atoms with E-state index in [0.29, 0.717) is 37.3 Å². The minimum atomic E-state index is -0.832. The lowest BCUT2D eigenvalue weighted by atomic mass is 9.98. The summed E-state index contributed by atoms with van der Waals surface area (Å²) < 4.78 is 31.4. The topological polar surface area (TPSA) is 72.2 Å². The van der Waals surface area contributed by atoms with Gasteiger partial charge in [-0.2, -0.15) is 0 Å². The van der Waals surface area contributed by atoms with Gasteiger partial charge in [0.2, 0.25) is 5.76 Å². The van der Waals surface area contributed by atoms with Crippen molar-refractivity contribution < 1.29 is 23.1 Å². The number of rotatable bonds is 6. The van der Waals surface area contributed by atoms with Crippen LogP contribution in [0.2, 0.25) is 0 Å². The van der Waals surface area contributed by atoms with E-state index in [1.807, 2.05) is 0 Å². The molecule has 5 rings (SSSR count). The van der Waals surface area contributed by atoms with Gasteiger partial charge in [0.25, 0.3) is 5.91 Å². The van der Waals surface area contributed by atoms with Crippen LogP contribution in [0, 0.1) is 5.82 Å². The number of ether oxygens (including phenoxy) is 2. The van der Waals surface area contributed by atoms with Crippen LogP contribution in [0.5, 0.6) is 5.75 Å². The van der Waals surface area contributed by atoms with Crippen LogP contribution in [0.1, 0.15) is 34.1 Å². The summed E-state index contributed by atoms with van der Waals surface area (Å²) in [7, 11) is 1.52. The lowest BCUT2D eigenvalue weighted by molar-refractivity contribution is 0.0353. The van der Waals surface area contributed by atoms with Crippen LogP contribution in [0.3, 0.4) is 0 Å². The van der Waals surface area contributed by atoms with E-state index in [1.165, 1.54) is 13.2 Å². The predicted molar refractivity (Wildman–Crippen MR) is 120 cm³/mol. The van der Waals surface area contributed by atoms with E-state index in [0.717, 1.165) is 19.6 Å². The Morgan fingerprint density at radius 3 is 2.64 bits per heavy atom. The molecule has 1 atom stereocenters. The number of hydrogen-bond acceptors (Lipinski definition) is 6. The number of nitrogens with zero attached hydrogens (tertiary/aromatic N) is 2. The summed E-state index contributed by atoms with van der Waals surface area (Å²) >= 11 is 0. The molecule has 1 aromatic heterocycles. The van der Waals surface area contributed by atoms with Crippen LogP contribution >= 0.6 is 0 Å². The average Bonchev–Trinajstić information content (AvgIpc) is 3.11. The highest BCUT2D eigenvalue weighted by Crippen LogP contribution is 2.39. The number of morpholine rings is 1. The summed E-state index contributed by atoms with van der Waals surface area (Å²) in [6, 6.07) is 10.3. The fourth-order valence-electron chi connectivity index (χ4n) is 4.67. The number of amides is 1. The summed E-state index contributed by atoms with van der Waals surface area (Å²) in [6.45, 7) is 4.24. The molecule has 7 nitrogen and oxygen atoms in total. The van der Waals surface area contributed by atoms with Crippen molar-refractivity contribution in [1.82, 2.24) is 9.80 Å². The molecule has 2 aromatic carbocycles. The molecule has 0 bridgehead atoms. The van der Waals surface area contributed by atoms with Gasteiger partial charge in [0.1, 0.15) is 17.1 Å². The maximum atomic E-state index is 14.9. The molecule has 0 saturated carbocycles. The Morgan fingerprint density at radius 2 is 1.88 bits per heavy atom. The van der Waals surface area contributed by atoms with E-state index in [4.69, 9.17) is 13.9 Å². The predicted octanol–water partition coefficient (Wildman–Crippen LogP) is 3.21. The zero-order valence-corrected chi connectivity index (χ0v) is 18.4. The summed E-state index contributed by atoms with van der Waals surface area (Å²) in [4.78, 5) is 30.8. The molecule has 0 aliphatic carbocycles. The Labute approximate surface area is 190 Å². The van der Waals surface area contributed by atoms with Crippen LogP contribution in [0.15, 0.2) is 51.7 Å². The summed E-state index contributed by atoms with van der Waals surface area (Å²) in [6.07, 6.45) is 0.687. The molecule has 0 unspecified atom stereocenters. The van der Waals surface area contributed by atoms with Crippen LogP contribution in [0.4, 0.5) is 4.39 Å². The van der Waals surface area contributed by atoms with Crippen molar-refractivity contribution in [2.75, 3.05) is 46.5 Å². The van der Waals surface area contributed by atoms with E-state index in [1.54, 1.807) is 41.3 Å². The second-order valence-electron chi connectivity index (χ2n) is 8.27. The Balaban J connectivity index is 1.55. The molecule has 2 aliphatic rings. The van der Waals surface area contributed by atoms with Gasteiger partial charge >= 0.3 is 0 Å². The maximum Gasteiger partial charge on any atom is 0.290 e. The lowest BCUT2D eigenvalue weighted by Crippen LogP contribution is -2.39. The van der Waals surface area contributed by atoms with Gasteiger partial charge in [0, 0.05) is 37.8 Å². The smallest absolute Gasteiger partial charge is 0.290 e. The Morgan fingerprint density at radius 1 is 1.09 bits per heavy atom. The quantitative estimate of drug-likeness (QED) is 0.572. The van der Waals surface area contributed by atoms with Gasteiger partial charge in [-0.15, -0.1) is 0 Å². The molecule has 1 amide bonds. The van der Waals surface area contributed by atoms with Gasteiger partial charge in [-0.3, -0.25) is 14.5 Å². The first kappa shape index (κ1) is 21.6. The number of carbonyl (C=O) groups excluding carboxylic acids is 1. The van der Waals surface area contributed by atoms with Gasteiger partial charge < -0.3 is 18.8 Å². The zero-order valence-electron chi connectivity index (χ0n) is 18.4. The van der Waals surface area contributed by atoms with Crippen molar-refractivity contribution in [1.29, 1.82) is 0 Å². The van der Waals surface area contributed by atoms with Gasteiger partial charge in [0.15, 0.2) is 5.43 Å². The third kappa shape index (κ3) is 3.89. The first-order valence-electron chi connectivity index (χ1n) is 11.1. The highest BCUT2D eigenvalue weighted by atomic mass is 19.1. The SMILES string of the molecule is COc1ccc2c(=O)c3c(oc2c1)C(=O)N(CCCN1CCOCC1)[C@@H]3c1ccccc1F. The first-order chi connectivity index (χ1) is 16.1. The van der Waals surface area contributed by atoms with E-state index in [2.05, 4.69) is 4.90 Å². The van der Waals surface area contributed by atoms with Crippen molar-refractivity contribution >= 4 is 16.9 Å². The second-order valence-corrected chi connectivity index (χ2v) is 8.27. The largest absolute Gasteiger partial charge is 0.497 e. The molecule has 1 saturated heterocycles. The molecule has 0 N–H and O–H groups in total. The van der Waals surface area contributed by atoms with Crippen molar-refractivity contribution in [2.24, 2.45) is 0 Å². The fraction of sp³-hybridized carbons (Fsp3) is 0.360. The van der Waals surface area contributed by atoms with E-state index >= 15 is 0 Å². The summed E-state index contributed by atoms with van der Waals surface area (Å²) in [5.74, 6) is -0.373. The number of fused-ring (bicyclic) bond motifs is 2. The molecule has 33 heavy (non-hydrogen) atoms. The highest BCUT2D eigenvalue weighted by molar-refractivity contribution is 5.99. The third-order valence-corrected chi connectivity index (χ3v) is 6.35. The van der Waals surface area contributed by atoms with Gasteiger partial charge in [-0.25, -0.2) is 4.39 Å². The summed E-state index contributed by atoms with van der Waals surface area (Å²) in [5.41, 5.74) is 0.422. The van der Waals surface area contributed by atoms with Crippen LogP contribution in [-0.2, 0) is 4.74 Å². The number of halogens is 1. The van der Waals surface area contributed by atoms with Crippen LogP contribution < -0.4 is 10.2 Å². The van der Waals surface area contributed by atoms with Crippen molar-refractivity contribution in [2.45, 2.75) is 12.5 Å². The molecule has 1 fully saturated rings. The van der Waals surface area contributed by atoms with Crippen molar-refractivity contribution in [3.8, 4) is 5.75 Å². The molecule has 172 valence electrons. The fourth-order valence-corrected chi connectivity index (χ4v) is 4.67. The molecule has 3 heterocycles. The van der Waals surface area contributed by atoms with E-state index < -0.39 is 17.8 Å². The Kier molecular flexibility index (Phi) is 5.86. The van der Waals surface area contributed by atoms with Gasteiger partial charge in [0.05, 0.1) is 37.3 Å². The maximum absolute atomic E-state index is 14.9. The normalized spacial score (nSPS) is 18.7. The third-order valence-electron chi connectivity index (χ3n) is 6.35. The van der Waals surface area contributed by atoms with Crippen molar-refractivity contribution in [3.05, 3.63) is 75.4 Å². The molecule has 2 aliphatic heterocycles. The minimum Gasteiger partial charge on any atom is -0.497 e. The monoisotopic (exact) mass is 452 g/mol. The molecule has 8 heteroatoms. The lowest BCUT2D eigenvalue weighted by Gasteiger charge is -2.29. The molecule has 3 aromatic rings. The molecule has 0 radical (unpaired) electrons. The number of benzene rings is 2. The second kappa shape index (κ2) is 8.96. The van der Waals surface area contributed by atoms with Crippen LogP contribution in [-0.4, -0.2) is 62.2 Å². The van der Waals surface area contributed by atoms with E-state index in [-0.39, 0.29) is 27.9 Å². The Bertz CT molecular complexity index is 1250. The number of carbonyl (C=O) groups is 1. The molecular formula is C25H25FN2O5. The van der Waals surface area contributed by atoms with E-state index in [9.17, 15) is 14.0 Å².